The van der Waals surface area contributed by atoms with Crippen LogP contribution < -0.4 is 0 Å². The predicted molar refractivity (Wildman–Crippen MR) is 102 cm³/mol. The van der Waals surface area contributed by atoms with Crippen LogP contribution in [0.4, 0.5) is 0 Å². The summed E-state index contributed by atoms with van der Waals surface area (Å²) < 4.78 is 5.39. The Morgan fingerprint density at radius 3 is 2.54 bits per heavy atom. The van der Waals surface area contributed by atoms with Gasteiger partial charge < -0.3 is 9.32 Å². The van der Waals surface area contributed by atoms with Crippen LogP contribution in [0.3, 0.4) is 0 Å². The zero-order valence-electron chi connectivity index (χ0n) is 14.7. The fraction of sp³-hybridized carbons (Fsp3) is 0.300. The molecular weight excluding hydrogens is 346 g/mol. The Labute approximate surface area is 156 Å². The summed E-state index contributed by atoms with van der Waals surface area (Å²) in [7, 11) is 0. The molecule has 0 radical (unpaired) electrons. The highest BCUT2D eigenvalue weighted by molar-refractivity contribution is 7.09. The number of nitrogens with zero attached hydrogens (tertiary/aromatic N) is 3. The van der Waals surface area contributed by atoms with Crippen LogP contribution in [-0.4, -0.2) is 46.9 Å². The average Bonchev–Trinajstić information content (AvgIpc) is 3.34. The molecule has 1 amide bonds. The Bertz CT molecular complexity index is 863. The highest BCUT2D eigenvalue weighted by atomic mass is 32.1. The van der Waals surface area contributed by atoms with Crippen molar-refractivity contribution in [2.75, 3.05) is 26.2 Å². The second-order valence-corrected chi connectivity index (χ2v) is 7.54. The van der Waals surface area contributed by atoms with Gasteiger partial charge in [-0.1, -0.05) is 12.1 Å². The van der Waals surface area contributed by atoms with Gasteiger partial charge in [-0.25, -0.2) is 4.98 Å². The van der Waals surface area contributed by atoms with Crippen molar-refractivity contribution >= 4 is 17.2 Å². The maximum absolute atomic E-state index is 12.7. The van der Waals surface area contributed by atoms with Gasteiger partial charge in [-0.15, -0.1) is 11.3 Å². The summed E-state index contributed by atoms with van der Waals surface area (Å²) in [5.74, 6) is 0.912. The first-order chi connectivity index (χ1) is 12.7. The van der Waals surface area contributed by atoms with Gasteiger partial charge in [0.05, 0.1) is 17.0 Å². The van der Waals surface area contributed by atoms with Crippen molar-refractivity contribution in [1.82, 2.24) is 14.8 Å². The Morgan fingerprint density at radius 1 is 1.15 bits per heavy atom. The minimum Gasteiger partial charge on any atom is -0.464 e. The molecule has 0 N–H and O–H groups in total. The molecule has 6 heteroatoms. The van der Waals surface area contributed by atoms with E-state index in [0.717, 1.165) is 60.3 Å². The fourth-order valence-electron chi connectivity index (χ4n) is 3.22. The number of rotatable bonds is 4. The van der Waals surface area contributed by atoms with E-state index in [1.54, 1.807) is 17.6 Å². The van der Waals surface area contributed by atoms with Gasteiger partial charge in [-0.3, -0.25) is 9.69 Å². The van der Waals surface area contributed by atoms with E-state index >= 15 is 0 Å². The van der Waals surface area contributed by atoms with Crippen molar-refractivity contribution in [3.8, 4) is 11.3 Å². The highest BCUT2D eigenvalue weighted by Crippen LogP contribution is 2.21. The molecule has 1 aliphatic heterocycles. The second kappa shape index (κ2) is 7.43. The van der Waals surface area contributed by atoms with E-state index in [1.165, 1.54) is 0 Å². The monoisotopic (exact) mass is 367 g/mol. The zero-order chi connectivity index (χ0) is 17.9. The second-order valence-electron chi connectivity index (χ2n) is 6.48. The molecule has 134 valence electrons. The Hall–Kier alpha value is -2.44. The Morgan fingerprint density at radius 2 is 1.92 bits per heavy atom. The summed E-state index contributed by atoms with van der Waals surface area (Å²) in [5, 5.41) is 3.22. The van der Waals surface area contributed by atoms with E-state index in [1.807, 2.05) is 48.2 Å². The SMILES string of the molecule is Cc1nc(CN2CCN(C(=O)c3ccc(-c4ccco4)cc3)CC2)cs1. The van der Waals surface area contributed by atoms with Gasteiger partial charge >= 0.3 is 0 Å². The number of aryl methyl sites for hydroxylation is 1. The van der Waals surface area contributed by atoms with Gasteiger partial charge in [0.2, 0.25) is 0 Å². The first kappa shape index (κ1) is 17.0. The molecule has 0 spiro atoms. The largest absolute Gasteiger partial charge is 0.464 e. The van der Waals surface area contributed by atoms with Gasteiger partial charge in [-0.2, -0.15) is 0 Å². The maximum Gasteiger partial charge on any atom is 0.253 e. The number of carbonyl (C=O) groups excluding carboxylic acids is 1. The summed E-state index contributed by atoms with van der Waals surface area (Å²) in [6.45, 7) is 6.16. The zero-order valence-corrected chi connectivity index (χ0v) is 15.5. The van der Waals surface area contributed by atoms with E-state index < -0.39 is 0 Å². The average molecular weight is 367 g/mol. The lowest BCUT2D eigenvalue weighted by Crippen LogP contribution is -2.48. The molecule has 0 unspecified atom stereocenters. The molecule has 1 aliphatic rings. The molecule has 0 aliphatic carbocycles. The molecule has 3 aromatic rings. The van der Waals surface area contributed by atoms with E-state index in [4.69, 9.17) is 4.42 Å². The van der Waals surface area contributed by atoms with Crippen molar-refractivity contribution in [2.24, 2.45) is 0 Å². The minimum atomic E-state index is 0.0974. The van der Waals surface area contributed by atoms with Gasteiger partial charge in [0, 0.05) is 49.2 Å². The number of hydrogen-bond acceptors (Lipinski definition) is 5. The lowest BCUT2D eigenvalue weighted by molar-refractivity contribution is 0.0627. The van der Waals surface area contributed by atoms with Gasteiger partial charge in [0.15, 0.2) is 0 Å². The first-order valence-electron chi connectivity index (χ1n) is 8.75. The molecule has 26 heavy (non-hydrogen) atoms. The van der Waals surface area contributed by atoms with Crippen LogP contribution in [0.25, 0.3) is 11.3 Å². The quantitative estimate of drug-likeness (QED) is 0.706. The van der Waals surface area contributed by atoms with Gasteiger partial charge in [-0.05, 0) is 31.2 Å². The smallest absolute Gasteiger partial charge is 0.253 e. The summed E-state index contributed by atoms with van der Waals surface area (Å²) in [5.41, 5.74) is 2.83. The third-order valence-electron chi connectivity index (χ3n) is 4.65. The number of benzene rings is 1. The van der Waals surface area contributed by atoms with E-state index in [9.17, 15) is 4.79 Å². The number of thiazole rings is 1. The molecule has 1 saturated heterocycles. The molecular formula is C20H21N3O2S. The van der Waals surface area contributed by atoms with Crippen LogP contribution in [0.2, 0.25) is 0 Å². The van der Waals surface area contributed by atoms with Crippen molar-refractivity contribution in [1.29, 1.82) is 0 Å². The minimum absolute atomic E-state index is 0.0974. The standard InChI is InChI=1S/C20H21N3O2S/c1-15-21-18(14-26-15)13-22-8-10-23(11-9-22)20(24)17-6-4-16(5-7-17)19-3-2-12-25-19/h2-7,12,14H,8-11,13H2,1H3. The predicted octanol–water partition coefficient (Wildman–Crippen LogP) is 3.67. The molecule has 1 aromatic carbocycles. The normalized spacial score (nSPS) is 15.3. The number of aromatic nitrogens is 1. The number of carbonyl (C=O) groups is 1. The number of furan rings is 1. The summed E-state index contributed by atoms with van der Waals surface area (Å²) in [6, 6.07) is 11.4. The van der Waals surface area contributed by atoms with Crippen molar-refractivity contribution in [2.45, 2.75) is 13.5 Å². The van der Waals surface area contributed by atoms with Crippen LogP contribution in [0.5, 0.6) is 0 Å². The van der Waals surface area contributed by atoms with Crippen LogP contribution in [0.15, 0.2) is 52.5 Å². The number of piperazine rings is 1. The van der Waals surface area contributed by atoms with Crippen molar-refractivity contribution in [3.63, 3.8) is 0 Å². The molecule has 3 heterocycles. The molecule has 0 atom stereocenters. The number of amides is 1. The van der Waals surface area contributed by atoms with Crippen molar-refractivity contribution in [3.05, 3.63) is 64.3 Å². The lowest BCUT2D eigenvalue weighted by atomic mass is 10.1. The lowest BCUT2D eigenvalue weighted by Gasteiger charge is -2.34. The maximum atomic E-state index is 12.7. The number of hydrogen-bond donors (Lipinski definition) is 0. The summed E-state index contributed by atoms with van der Waals surface area (Å²) in [4.78, 5) is 21.6. The molecule has 2 aromatic heterocycles. The first-order valence-corrected chi connectivity index (χ1v) is 9.63. The summed E-state index contributed by atoms with van der Waals surface area (Å²) >= 11 is 1.69. The van der Waals surface area contributed by atoms with Crippen LogP contribution in [0.1, 0.15) is 21.1 Å². The van der Waals surface area contributed by atoms with Crippen LogP contribution in [-0.2, 0) is 6.54 Å². The molecule has 1 fully saturated rings. The molecule has 5 nitrogen and oxygen atoms in total. The third-order valence-corrected chi connectivity index (χ3v) is 5.47. The fourth-order valence-corrected chi connectivity index (χ4v) is 3.83. The van der Waals surface area contributed by atoms with Gasteiger partial charge in [0.1, 0.15) is 5.76 Å². The van der Waals surface area contributed by atoms with Crippen LogP contribution in [0, 0.1) is 6.92 Å². The van der Waals surface area contributed by atoms with Crippen molar-refractivity contribution < 1.29 is 9.21 Å². The molecule has 0 saturated carbocycles. The Kier molecular flexibility index (Phi) is 4.86. The topological polar surface area (TPSA) is 49.6 Å². The van der Waals surface area contributed by atoms with E-state index in [2.05, 4.69) is 15.3 Å². The molecule has 4 rings (SSSR count). The summed E-state index contributed by atoms with van der Waals surface area (Å²) in [6.07, 6.45) is 1.65. The highest BCUT2D eigenvalue weighted by Gasteiger charge is 2.22. The third kappa shape index (κ3) is 3.71. The van der Waals surface area contributed by atoms with E-state index in [0.29, 0.717) is 0 Å². The molecule has 0 bridgehead atoms. The van der Waals surface area contributed by atoms with E-state index in [-0.39, 0.29) is 5.91 Å². The Balaban J connectivity index is 1.34. The van der Waals surface area contributed by atoms with Gasteiger partial charge in [0.25, 0.3) is 5.91 Å². The van der Waals surface area contributed by atoms with Crippen LogP contribution >= 0.6 is 11.3 Å².